The third-order valence-corrected chi connectivity index (χ3v) is 3.52. The molecular formula is C13H11F2NO3S. The average Bonchev–Trinajstić information content (AvgIpc) is 2.80. The molecule has 0 radical (unpaired) electrons. The predicted octanol–water partition coefficient (Wildman–Crippen LogP) is 3.51. The minimum Gasteiger partial charge on any atom is -0.464 e. The Morgan fingerprint density at radius 3 is 2.50 bits per heavy atom. The largest absolute Gasteiger partial charge is 0.464 e. The number of thiazole rings is 1. The Morgan fingerprint density at radius 2 is 1.95 bits per heavy atom. The first-order chi connectivity index (χ1) is 9.51. The van der Waals surface area contributed by atoms with E-state index in [9.17, 15) is 13.6 Å². The summed E-state index contributed by atoms with van der Waals surface area (Å²) < 4.78 is 33.0. The molecule has 0 atom stereocenters. The maximum absolute atomic E-state index is 12.0. The average molecular weight is 299 g/mol. The Balaban J connectivity index is 2.26. The van der Waals surface area contributed by atoms with Crippen LogP contribution in [0.5, 0.6) is 5.75 Å². The van der Waals surface area contributed by atoms with Crippen LogP contribution in [0.2, 0.25) is 0 Å². The maximum Gasteiger partial charge on any atom is 0.387 e. The predicted molar refractivity (Wildman–Crippen MR) is 70.3 cm³/mol. The minimum absolute atomic E-state index is 0.0743. The molecule has 1 heterocycles. The highest BCUT2D eigenvalue weighted by Gasteiger charge is 2.16. The van der Waals surface area contributed by atoms with E-state index in [0.717, 1.165) is 10.4 Å². The summed E-state index contributed by atoms with van der Waals surface area (Å²) in [6.07, 6.45) is 0. The van der Waals surface area contributed by atoms with Gasteiger partial charge in [0.2, 0.25) is 0 Å². The van der Waals surface area contributed by atoms with Crippen LogP contribution in [0.3, 0.4) is 0 Å². The molecule has 0 fully saturated rings. The Kier molecular flexibility index (Phi) is 4.29. The number of halogens is 2. The number of esters is 1. The molecule has 106 valence electrons. The second kappa shape index (κ2) is 5.96. The number of hydrogen-bond acceptors (Lipinski definition) is 5. The SMILES string of the molecule is COC(=O)c1nc(-c2ccc(OC(F)F)cc2)sc1C. The Morgan fingerprint density at radius 1 is 1.30 bits per heavy atom. The molecule has 2 rings (SSSR count). The van der Waals surface area contributed by atoms with Gasteiger partial charge in [-0.15, -0.1) is 11.3 Å². The van der Waals surface area contributed by atoms with Crippen molar-refractivity contribution in [1.82, 2.24) is 4.98 Å². The van der Waals surface area contributed by atoms with Crippen LogP contribution in [0.15, 0.2) is 24.3 Å². The third kappa shape index (κ3) is 3.11. The molecule has 0 amide bonds. The lowest BCUT2D eigenvalue weighted by Gasteiger charge is -2.04. The number of benzene rings is 1. The lowest BCUT2D eigenvalue weighted by molar-refractivity contribution is -0.0498. The zero-order chi connectivity index (χ0) is 14.7. The number of methoxy groups -OCH3 is 1. The van der Waals surface area contributed by atoms with Crippen LogP contribution in [0.25, 0.3) is 10.6 Å². The van der Waals surface area contributed by atoms with Crippen LogP contribution >= 0.6 is 11.3 Å². The van der Waals surface area contributed by atoms with E-state index in [1.807, 2.05) is 0 Å². The summed E-state index contributed by atoms with van der Waals surface area (Å²) >= 11 is 1.33. The summed E-state index contributed by atoms with van der Waals surface area (Å²) in [5, 5.41) is 0.617. The first-order valence-corrected chi connectivity index (χ1v) is 6.44. The molecule has 0 spiro atoms. The van der Waals surface area contributed by atoms with E-state index in [0.29, 0.717) is 5.01 Å². The molecule has 0 aliphatic carbocycles. The number of carbonyl (C=O) groups excluding carboxylic acids is 1. The van der Waals surface area contributed by atoms with Crippen LogP contribution in [0.4, 0.5) is 8.78 Å². The van der Waals surface area contributed by atoms with Gasteiger partial charge in [0.15, 0.2) is 5.69 Å². The van der Waals surface area contributed by atoms with Crippen molar-refractivity contribution in [2.24, 2.45) is 0 Å². The van der Waals surface area contributed by atoms with Crippen molar-refractivity contribution in [3.63, 3.8) is 0 Å². The minimum atomic E-state index is -2.85. The van der Waals surface area contributed by atoms with Crippen molar-refractivity contribution >= 4 is 17.3 Å². The van der Waals surface area contributed by atoms with E-state index in [4.69, 9.17) is 0 Å². The summed E-state index contributed by atoms with van der Waals surface area (Å²) in [5.41, 5.74) is 0.982. The van der Waals surface area contributed by atoms with Gasteiger partial charge in [0.05, 0.1) is 7.11 Å². The molecule has 0 aliphatic heterocycles. The van der Waals surface area contributed by atoms with E-state index in [1.165, 1.54) is 30.6 Å². The third-order valence-electron chi connectivity index (χ3n) is 2.50. The highest BCUT2D eigenvalue weighted by molar-refractivity contribution is 7.15. The zero-order valence-electron chi connectivity index (χ0n) is 10.7. The molecule has 2 aromatic rings. The summed E-state index contributed by atoms with van der Waals surface area (Å²) in [7, 11) is 1.29. The van der Waals surface area contributed by atoms with Crippen molar-refractivity contribution in [2.75, 3.05) is 7.11 Å². The first-order valence-electron chi connectivity index (χ1n) is 5.62. The van der Waals surface area contributed by atoms with Gasteiger partial charge in [0, 0.05) is 10.4 Å². The van der Waals surface area contributed by atoms with Crippen molar-refractivity contribution in [3.8, 4) is 16.3 Å². The smallest absolute Gasteiger partial charge is 0.387 e. The molecule has 7 heteroatoms. The maximum atomic E-state index is 12.0. The number of hydrogen-bond donors (Lipinski definition) is 0. The number of aromatic nitrogens is 1. The number of alkyl halides is 2. The Hall–Kier alpha value is -2.02. The number of nitrogens with zero attached hydrogens (tertiary/aromatic N) is 1. The molecular weight excluding hydrogens is 288 g/mol. The normalized spacial score (nSPS) is 10.7. The lowest BCUT2D eigenvalue weighted by atomic mass is 10.2. The van der Waals surface area contributed by atoms with E-state index >= 15 is 0 Å². The number of rotatable bonds is 4. The van der Waals surface area contributed by atoms with E-state index in [-0.39, 0.29) is 11.4 Å². The van der Waals surface area contributed by atoms with Gasteiger partial charge in [-0.2, -0.15) is 8.78 Å². The molecule has 1 aromatic carbocycles. The Bertz CT molecular complexity index is 611. The number of carbonyl (C=O) groups is 1. The summed E-state index contributed by atoms with van der Waals surface area (Å²) in [5.74, 6) is -0.423. The quantitative estimate of drug-likeness (QED) is 0.811. The highest BCUT2D eigenvalue weighted by atomic mass is 32.1. The fourth-order valence-electron chi connectivity index (χ4n) is 1.58. The summed E-state index contributed by atoms with van der Waals surface area (Å²) in [6.45, 7) is -1.09. The van der Waals surface area contributed by atoms with Crippen molar-refractivity contribution in [3.05, 3.63) is 34.8 Å². The zero-order valence-corrected chi connectivity index (χ0v) is 11.5. The fraction of sp³-hybridized carbons (Fsp3) is 0.231. The van der Waals surface area contributed by atoms with E-state index in [2.05, 4.69) is 14.5 Å². The topological polar surface area (TPSA) is 48.4 Å². The molecule has 0 saturated heterocycles. The van der Waals surface area contributed by atoms with Gasteiger partial charge in [-0.05, 0) is 31.2 Å². The van der Waals surface area contributed by atoms with Crippen LogP contribution in [-0.4, -0.2) is 24.7 Å². The molecule has 0 N–H and O–H groups in total. The van der Waals surface area contributed by atoms with Crippen LogP contribution < -0.4 is 4.74 Å². The van der Waals surface area contributed by atoms with Gasteiger partial charge in [-0.25, -0.2) is 9.78 Å². The highest BCUT2D eigenvalue weighted by Crippen LogP contribution is 2.29. The second-order valence-electron chi connectivity index (χ2n) is 3.82. The standard InChI is InChI=1S/C13H11F2NO3S/c1-7-10(12(17)18-2)16-11(20-7)8-3-5-9(6-4-8)19-13(14)15/h3-6,13H,1-2H3. The second-order valence-corrected chi connectivity index (χ2v) is 5.02. The first kappa shape index (κ1) is 14.4. The molecule has 0 aliphatic rings. The van der Waals surface area contributed by atoms with E-state index in [1.54, 1.807) is 19.1 Å². The van der Waals surface area contributed by atoms with Crippen molar-refractivity contribution in [2.45, 2.75) is 13.5 Å². The molecule has 4 nitrogen and oxygen atoms in total. The van der Waals surface area contributed by atoms with E-state index < -0.39 is 12.6 Å². The summed E-state index contributed by atoms with van der Waals surface area (Å²) in [6, 6.07) is 6.07. The molecule has 0 unspecified atom stereocenters. The van der Waals surface area contributed by atoms with Crippen molar-refractivity contribution in [1.29, 1.82) is 0 Å². The number of ether oxygens (including phenoxy) is 2. The van der Waals surface area contributed by atoms with Gasteiger partial charge >= 0.3 is 12.6 Å². The van der Waals surface area contributed by atoms with Gasteiger partial charge < -0.3 is 9.47 Å². The van der Waals surface area contributed by atoms with Crippen LogP contribution in [-0.2, 0) is 4.74 Å². The molecule has 0 bridgehead atoms. The van der Waals surface area contributed by atoms with Crippen LogP contribution in [0, 0.1) is 6.92 Å². The van der Waals surface area contributed by atoms with Crippen molar-refractivity contribution < 1.29 is 23.0 Å². The molecule has 1 aromatic heterocycles. The molecule has 20 heavy (non-hydrogen) atoms. The fourth-order valence-corrected chi connectivity index (χ4v) is 2.49. The molecule has 0 saturated carbocycles. The van der Waals surface area contributed by atoms with Gasteiger partial charge in [-0.1, -0.05) is 0 Å². The lowest BCUT2D eigenvalue weighted by Crippen LogP contribution is -2.03. The van der Waals surface area contributed by atoms with Gasteiger partial charge in [0.25, 0.3) is 0 Å². The number of aryl methyl sites for hydroxylation is 1. The van der Waals surface area contributed by atoms with Gasteiger partial charge in [0.1, 0.15) is 10.8 Å². The van der Waals surface area contributed by atoms with Gasteiger partial charge in [-0.3, -0.25) is 0 Å². The summed E-state index contributed by atoms with van der Waals surface area (Å²) in [4.78, 5) is 16.4. The monoisotopic (exact) mass is 299 g/mol. The van der Waals surface area contributed by atoms with Crippen LogP contribution in [0.1, 0.15) is 15.4 Å². The Labute approximate surface area is 118 Å².